The SMILES string of the molecule is O=[SH](=O)CC1=CCCC1. The Bertz CT molecular complexity index is 183. The number of hydrogen-bond acceptors (Lipinski definition) is 2. The minimum atomic E-state index is -2.18. The lowest BCUT2D eigenvalue weighted by molar-refractivity contribution is 0.616. The standard InChI is InChI=1S/C6H10O2S/c7-9(8)5-6-3-1-2-4-6/h3,9H,1-2,4-5H2. The maximum atomic E-state index is 10.2. The van der Waals surface area contributed by atoms with E-state index in [0.29, 0.717) is 0 Å². The zero-order valence-electron chi connectivity index (χ0n) is 5.17. The van der Waals surface area contributed by atoms with Crippen LogP contribution in [0.25, 0.3) is 0 Å². The molecule has 0 spiro atoms. The lowest BCUT2D eigenvalue weighted by atomic mass is 10.3. The molecule has 9 heavy (non-hydrogen) atoms. The van der Waals surface area contributed by atoms with Crippen molar-refractivity contribution in [2.45, 2.75) is 19.3 Å². The second-order valence-electron chi connectivity index (χ2n) is 2.25. The molecule has 0 saturated heterocycles. The minimum absolute atomic E-state index is 0.287. The van der Waals surface area contributed by atoms with Gasteiger partial charge < -0.3 is 0 Å². The summed E-state index contributed by atoms with van der Waals surface area (Å²) < 4.78 is 20.3. The highest BCUT2D eigenvalue weighted by Crippen LogP contribution is 2.16. The molecule has 3 heteroatoms. The second-order valence-corrected chi connectivity index (χ2v) is 3.23. The predicted octanol–water partition coefficient (Wildman–Crippen LogP) is 0.708. The first-order valence-electron chi connectivity index (χ1n) is 3.09. The first-order chi connectivity index (χ1) is 4.29. The molecule has 0 unspecified atom stereocenters. The van der Waals surface area contributed by atoms with Crippen LogP contribution in [0, 0.1) is 0 Å². The van der Waals surface area contributed by atoms with E-state index < -0.39 is 10.7 Å². The maximum Gasteiger partial charge on any atom is 0.143 e. The van der Waals surface area contributed by atoms with Crippen LogP contribution in [0.2, 0.25) is 0 Å². The van der Waals surface area contributed by atoms with E-state index >= 15 is 0 Å². The van der Waals surface area contributed by atoms with Crippen LogP contribution < -0.4 is 0 Å². The molecule has 1 rings (SSSR count). The Kier molecular flexibility index (Phi) is 2.28. The van der Waals surface area contributed by atoms with Gasteiger partial charge in [0.1, 0.15) is 10.7 Å². The predicted molar refractivity (Wildman–Crippen MR) is 37.1 cm³/mol. The first-order valence-corrected chi connectivity index (χ1v) is 4.45. The van der Waals surface area contributed by atoms with Gasteiger partial charge in [-0.1, -0.05) is 11.6 Å². The molecule has 0 aromatic rings. The van der Waals surface area contributed by atoms with Crippen LogP contribution in [-0.2, 0) is 10.7 Å². The van der Waals surface area contributed by atoms with Crippen molar-refractivity contribution < 1.29 is 8.42 Å². The Morgan fingerprint density at radius 3 is 2.78 bits per heavy atom. The third kappa shape index (κ3) is 2.18. The zero-order valence-corrected chi connectivity index (χ0v) is 6.06. The van der Waals surface area contributed by atoms with Crippen molar-refractivity contribution in [3.8, 4) is 0 Å². The summed E-state index contributed by atoms with van der Waals surface area (Å²) in [5.74, 6) is 0.287. The van der Waals surface area contributed by atoms with Crippen molar-refractivity contribution in [3.63, 3.8) is 0 Å². The van der Waals surface area contributed by atoms with Crippen molar-refractivity contribution in [1.29, 1.82) is 0 Å². The summed E-state index contributed by atoms with van der Waals surface area (Å²) in [5.41, 5.74) is 1.10. The summed E-state index contributed by atoms with van der Waals surface area (Å²) in [6.07, 6.45) is 5.23. The summed E-state index contributed by atoms with van der Waals surface area (Å²) in [6.45, 7) is 0. The fraction of sp³-hybridized carbons (Fsp3) is 0.667. The van der Waals surface area contributed by atoms with Crippen LogP contribution in [0.1, 0.15) is 19.3 Å². The lowest BCUT2D eigenvalue weighted by Gasteiger charge is -1.89. The van der Waals surface area contributed by atoms with Crippen molar-refractivity contribution in [2.24, 2.45) is 0 Å². The monoisotopic (exact) mass is 146 g/mol. The quantitative estimate of drug-likeness (QED) is 0.460. The van der Waals surface area contributed by atoms with Gasteiger partial charge in [-0.2, -0.15) is 0 Å². The number of thiol groups is 1. The smallest absolute Gasteiger partial charge is 0.143 e. The number of rotatable bonds is 2. The number of hydrogen-bond donors (Lipinski definition) is 1. The average Bonchev–Trinajstić information content (AvgIpc) is 2.15. The molecule has 0 aromatic heterocycles. The summed E-state index contributed by atoms with van der Waals surface area (Å²) in [7, 11) is -2.18. The van der Waals surface area contributed by atoms with Gasteiger partial charge in [0.2, 0.25) is 0 Å². The van der Waals surface area contributed by atoms with E-state index in [2.05, 4.69) is 0 Å². The Morgan fingerprint density at radius 1 is 1.56 bits per heavy atom. The van der Waals surface area contributed by atoms with Gasteiger partial charge >= 0.3 is 0 Å². The molecule has 0 amide bonds. The number of allylic oxidation sites excluding steroid dienone is 1. The molecular formula is C6H10O2S. The van der Waals surface area contributed by atoms with Gasteiger partial charge in [0.15, 0.2) is 0 Å². The Hall–Kier alpha value is -0.310. The van der Waals surface area contributed by atoms with E-state index in [1.54, 1.807) is 0 Å². The fourth-order valence-electron chi connectivity index (χ4n) is 1.05. The molecule has 1 aliphatic carbocycles. The van der Waals surface area contributed by atoms with E-state index in [-0.39, 0.29) is 5.75 Å². The summed E-state index contributed by atoms with van der Waals surface area (Å²) in [6, 6.07) is 0. The lowest BCUT2D eigenvalue weighted by Crippen LogP contribution is -1.88. The van der Waals surface area contributed by atoms with Crippen LogP contribution in [0.5, 0.6) is 0 Å². The van der Waals surface area contributed by atoms with Crippen LogP contribution in [-0.4, -0.2) is 14.2 Å². The molecule has 0 radical (unpaired) electrons. The van der Waals surface area contributed by atoms with Crippen molar-refractivity contribution >= 4 is 10.7 Å². The normalized spacial score (nSPS) is 18.6. The highest BCUT2D eigenvalue weighted by atomic mass is 32.2. The molecule has 0 aliphatic heterocycles. The molecule has 0 atom stereocenters. The summed E-state index contributed by atoms with van der Waals surface area (Å²) in [4.78, 5) is 0. The molecule has 1 aliphatic rings. The largest absolute Gasteiger partial charge is 0.232 e. The van der Waals surface area contributed by atoms with Crippen LogP contribution in [0.15, 0.2) is 11.6 Å². The third-order valence-electron chi connectivity index (χ3n) is 1.47. The maximum absolute atomic E-state index is 10.2. The van der Waals surface area contributed by atoms with Crippen LogP contribution in [0.3, 0.4) is 0 Å². The van der Waals surface area contributed by atoms with Gasteiger partial charge in [-0.25, -0.2) is 8.42 Å². The topological polar surface area (TPSA) is 34.1 Å². The van der Waals surface area contributed by atoms with Crippen LogP contribution in [0.4, 0.5) is 0 Å². The molecule has 52 valence electrons. The average molecular weight is 146 g/mol. The molecule has 0 heterocycles. The molecule has 0 fully saturated rings. The third-order valence-corrected chi connectivity index (χ3v) is 2.13. The van der Waals surface area contributed by atoms with Crippen molar-refractivity contribution in [1.82, 2.24) is 0 Å². The molecule has 0 bridgehead atoms. The Morgan fingerprint density at radius 2 is 2.33 bits per heavy atom. The summed E-state index contributed by atoms with van der Waals surface area (Å²) in [5, 5.41) is 0. The molecule has 0 N–H and O–H groups in total. The van der Waals surface area contributed by atoms with E-state index in [9.17, 15) is 8.42 Å². The minimum Gasteiger partial charge on any atom is -0.232 e. The molecule has 0 saturated carbocycles. The molecule has 2 nitrogen and oxygen atoms in total. The van der Waals surface area contributed by atoms with Crippen LogP contribution >= 0.6 is 0 Å². The Labute approximate surface area is 56.5 Å². The molecule has 0 aromatic carbocycles. The molecular weight excluding hydrogens is 136 g/mol. The van der Waals surface area contributed by atoms with E-state index in [1.165, 1.54) is 0 Å². The van der Waals surface area contributed by atoms with E-state index in [0.717, 1.165) is 24.8 Å². The fourth-order valence-corrected chi connectivity index (χ4v) is 1.67. The van der Waals surface area contributed by atoms with Gasteiger partial charge in [-0.3, -0.25) is 0 Å². The Balaban J connectivity index is 2.44. The highest BCUT2D eigenvalue weighted by molar-refractivity contribution is 7.72. The second kappa shape index (κ2) is 3.01. The van der Waals surface area contributed by atoms with Gasteiger partial charge in [0.25, 0.3) is 0 Å². The van der Waals surface area contributed by atoms with Gasteiger partial charge in [-0.15, -0.1) is 0 Å². The van der Waals surface area contributed by atoms with Gasteiger partial charge in [0, 0.05) is 0 Å². The first kappa shape index (κ1) is 6.81. The van der Waals surface area contributed by atoms with Crippen molar-refractivity contribution in [2.75, 3.05) is 5.75 Å². The van der Waals surface area contributed by atoms with Crippen molar-refractivity contribution in [3.05, 3.63) is 11.6 Å². The zero-order chi connectivity index (χ0) is 6.69. The van der Waals surface area contributed by atoms with Gasteiger partial charge in [-0.05, 0) is 19.3 Å². The highest BCUT2D eigenvalue weighted by Gasteiger charge is 2.03. The summed E-state index contributed by atoms with van der Waals surface area (Å²) >= 11 is 0. The van der Waals surface area contributed by atoms with Gasteiger partial charge in [0.05, 0.1) is 5.75 Å². The van der Waals surface area contributed by atoms with E-state index in [4.69, 9.17) is 0 Å². The van der Waals surface area contributed by atoms with E-state index in [1.807, 2.05) is 6.08 Å².